The fraction of sp³-hybridized carbons (Fsp3) is 0. The van der Waals surface area contributed by atoms with Crippen molar-refractivity contribution in [1.29, 1.82) is 0 Å². The number of H-pyrrole nitrogens is 1. The number of rotatable bonds is 0. The van der Waals surface area contributed by atoms with Crippen LogP contribution in [0.5, 0.6) is 0 Å². The maximum Gasteiger partial charge on any atom is 0.0919 e. The van der Waals surface area contributed by atoms with Crippen molar-refractivity contribution in [3.05, 3.63) is 18.7 Å². The van der Waals surface area contributed by atoms with Gasteiger partial charge in [-0.25, -0.2) is 4.98 Å². The Hall–Kier alpha value is -0.271. The molecule has 1 N–H and O–H groups in total. The van der Waals surface area contributed by atoms with Crippen molar-refractivity contribution < 1.29 is 17.1 Å². The van der Waals surface area contributed by atoms with Crippen molar-refractivity contribution in [2.45, 2.75) is 0 Å². The molecule has 0 aromatic carbocycles. The van der Waals surface area contributed by atoms with Crippen molar-refractivity contribution in [1.82, 2.24) is 9.97 Å². The van der Waals surface area contributed by atoms with Crippen LogP contribution in [0.15, 0.2) is 18.7 Å². The summed E-state index contributed by atoms with van der Waals surface area (Å²) in [6, 6.07) is 0. The van der Waals surface area contributed by atoms with E-state index in [-0.39, 0.29) is 17.1 Å². The predicted molar refractivity (Wildman–Crippen MR) is 18.6 cm³/mol. The summed E-state index contributed by atoms with van der Waals surface area (Å²) in [4.78, 5) is 6.42. The van der Waals surface area contributed by atoms with Crippen LogP contribution in [0.4, 0.5) is 0 Å². The molecule has 0 saturated carbocycles. The van der Waals surface area contributed by atoms with E-state index in [0.29, 0.717) is 0 Å². The van der Waals surface area contributed by atoms with Gasteiger partial charge in [0.2, 0.25) is 0 Å². The van der Waals surface area contributed by atoms with E-state index in [2.05, 4.69) is 9.97 Å². The normalized spacial score (nSPS) is 6.67. The van der Waals surface area contributed by atoms with Gasteiger partial charge in [-0.1, -0.05) is 0 Å². The third-order valence-corrected chi connectivity index (χ3v) is 0.406. The molecule has 3 heteroatoms. The van der Waals surface area contributed by atoms with Gasteiger partial charge < -0.3 is 4.98 Å². The van der Waals surface area contributed by atoms with E-state index < -0.39 is 0 Å². The van der Waals surface area contributed by atoms with Crippen LogP contribution >= 0.6 is 0 Å². The minimum atomic E-state index is 0. The molecule has 0 aliphatic carbocycles. The maximum absolute atomic E-state index is 3.67. The van der Waals surface area contributed by atoms with Crippen LogP contribution in [0, 0.1) is 0 Å². The second-order valence-electron chi connectivity index (χ2n) is 0.761. The van der Waals surface area contributed by atoms with Crippen LogP contribution < -0.4 is 0 Å². The molecule has 0 unspecified atom stereocenters. The Balaban J connectivity index is 0.000000250. The van der Waals surface area contributed by atoms with E-state index in [4.69, 9.17) is 0 Å². The average Bonchev–Trinajstić information content (AvgIpc) is 1.76. The molecule has 1 rings (SSSR count). The number of imidazole rings is 1. The first-order valence-electron chi connectivity index (χ1n) is 1.43. The van der Waals surface area contributed by atoms with Crippen LogP contribution in [0.2, 0.25) is 0 Å². The Kier molecular flexibility index (Phi) is 2.81. The Morgan fingerprint density at radius 2 is 2.33 bits per heavy atom. The molecule has 6 heavy (non-hydrogen) atoms. The summed E-state index contributed by atoms with van der Waals surface area (Å²) in [5, 5.41) is 0. The second kappa shape index (κ2) is 2.94. The van der Waals surface area contributed by atoms with Crippen molar-refractivity contribution in [3.63, 3.8) is 0 Å². The topological polar surface area (TPSA) is 28.7 Å². The Labute approximate surface area is 46.5 Å². The minimum absolute atomic E-state index is 0. The molecule has 0 amide bonds. The monoisotopic (exact) mass is 123 g/mol. The summed E-state index contributed by atoms with van der Waals surface area (Å²) < 4.78 is 0. The Bertz CT molecular complexity index is 65.3. The first kappa shape index (κ1) is 5.73. The molecule has 1 aromatic heterocycles. The average molecular weight is 123 g/mol. The minimum Gasteiger partial charge on any atom is -0.351 e. The number of aromatic amines is 1. The number of hydrogen-bond donors (Lipinski definition) is 1. The smallest absolute Gasteiger partial charge is 0.0919 e. The van der Waals surface area contributed by atoms with Gasteiger partial charge in [-0.3, -0.25) is 0 Å². The van der Waals surface area contributed by atoms with Crippen LogP contribution in [-0.4, -0.2) is 9.97 Å². The quantitative estimate of drug-likeness (QED) is 0.497. The third kappa shape index (κ3) is 1.24. The van der Waals surface area contributed by atoms with E-state index >= 15 is 0 Å². The maximum atomic E-state index is 3.67. The molecule has 0 aliphatic heterocycles. The van der Waals surface area contributed by atoms with Crippen LogP contribution in [0.25, 0.3) is 0 Å². The van der Waals surface area contributed by atoms with Crippen LogP contribution in [0.1, 0.15) is 0 Å². The van der Waals surface area contributed by atoms with Crippen molar-refractivity contribution in [2.75, 3.05) is 0 Å². The van der Waals surface area contributed by atoms with Crippen molar-refractivity contribution in [3.8, 4) is 0 Å². The summed E-state index contributed by atoms with van der Waals surface area (Å²) in [7, 11) is 0. The zero-order valence-electron chi connectivity index (χ0n) is 3.06. The molecule has 1 radical (unpaired) electrons. The number of nitrogens with zero attached hydrogens (tertiary/aromatic N) is 1. The summed E-state index contributed by atoms with van der Waals surface area (Å²) in [6.45, 7) is 0. The number of nitrogens with one attached hydrogen (secondary N) is 1. The fourth-order valence-electron chi connectivity index (χ4n) is 0.215. The van der Waals surface area contributed by atoms with Crippen LogP contribution in [-0.2, 0) is 17.1 Å². The number of hydrogen-bond acceptors (Lipinski definition) is 1. The summed E-state index contributed by atoms with van der Waals surface area (Å²) in [5.41, 5.74) is 0. The standard InChI is InChI=1S/C3H4N2.Mn/c1-2-5-3-4-1;/h1-3H,(H,4,5);. The first-order valence-corrected chi connectivity index (χ1v) is 1.43. The molecule has 0 aliphatic rings. The van der Waals surface area contributed by atoms with Gasteiger partial charge in [0.15, 0.2) is 0 Å². The van der Waals surface area contributed by atoms with Gasteiger partial charge in [-0.15, -0.1) is 0 Å². The third-order valence-electron chi connectivity index (χ3n) is 0.406. The summed E-state index contributed by atoms with van der Waals surface area (Å²) in [6.07, 6.45) is 5.08. The largest absolute Gasteiger partial charge is 0.351 e. The predicted octanol–water partition coefficient (Wildman–Crippen LogP) is 0.407. The van der Waals surface area contributed by atoms with Crippen LogP contribution in [0.3, 0.4) is 0 Å². The van der Waals surface area contributed by atoms with E-state index in [1.165, 1.54) is 0 Å². The molecule has 0 spiro atoms. The Morgan fingerprint density at radius 1 is 1.50 bits per heavy atom. The van der Waals surface area contributed by atoms with Gasteiger partial charge in [0.25, 0.3) is 0 Å². The fourth-order valence-corrected chi connectivity index (χ4v) is 0.215. The van der Waals surface area contributed by atoms with E-state index in [9.17, 15) is 0 Å². The van der Waals surface area contributed by atoms with Gasteiger partial charge >= 0.3 is 0 Å². The van der Waals surface area contributed by atoms with E-state index in [0.717, 1.165) is 0 Å². The first-order chi connectivity index (χ1) is 2.50. The van der Waals surface area contributed by atoms with Crippen molar-refractivity contribution >= 4 is 0 Å². The molecule has 33 valence electrons. The summed E-state index contributed by atoms with van der Waals surface area (Å²) in [5.74, 6) is 0. The number of aromatic nitrogens is 2. The van der Waals surface area contributed by atoms with Gasteiger partial charge in [0, 0.05) is 29.5 Å². The summed E-state index contributed by atoms with van der Waals surface area (Å²) >= 11 is 0. The zero-order chi connectivity index (χ0) is 3.54. The van der Waals surface area contributed by atoms with Crippen molar-refractivity contribution in [2.24, 2.45) is 0 Å². The molecule has 0 saturated heterocycles. The van der Waals surface area contributed by atoms with E-state index in [1.807, 2.05) is 0 Å². The SMILES string of the molecule is [Mn].c1c[nH]cn1. The zero-order valence-corrected chi connectivity index (χ0v) is 4.24. The molecule has 1 heterocycles. The van der Waals surface area contributed by atoms with Gasteiger partial charge in [0.1, 0.15) is 0 Å². The van der Waals surface area contributed by atoms with Gasteiger partial charge in [-0.2, -0.15) is 0 Å². The molecule has 0 atom stereocenters. The van der Waals surface area contributed by atoms with Gasteiger partial charge in [0.05, 0.1) is 6.33 Å². The van der Waals surface area contributed by atoms with E-state index in [1.54, 1.807) is 18.7 Å². The molecule has 1 aromatic rings. The molecule has 0 bridgehead atoms. The molecule has 2 nitrogen and oxygen atoms in total. The van der Waals surface area contributed by atoms with Gasteiger partial charge in [-0.05, 0) is 0 Å². The molecule has 0 fully saturated rings. The molecular weight excluding hydrogens is 119 g/mol. The molecular formula is C3H4MnN2. The second-order valence-corrected chi connectivity index (χ2v) is 0.761. The Morgan fingerprint density at radius 3 is 2.50 bits per heavy atom.